The van der Waals surface area contributed by atoms with Crippen LogP contribution in [0.1, 0.15) is 26.7 Å². The smallest absolute Gasteiger partial charge is 0.241 e. The molecule has 2 aliphatic rings. The van der Waals surface area contributed by atoms with Crippen molar-refractivity contribution in [3.63, 3.8) is 0 Å². The number of methoxy groups -OCH3 is 1. The molecule has 20 heavy (non-hydrogen) atoms. The van der Waals surface area contributed by atoms with Gasteiger partial charge in [0.2, 0.25) is 5.91 Å². The summed E-state index contributed by atoms with van der Waals surface area (Å²) in [4.78, 5) is 12.5. The van der Waals surface area contributed by atoms with Crippen molar-refractivity contribution < 1.29 is 19.4 Å². The predicted molar refractivity (Wildman–Crippen MR) is 74.1 cm³/mol. The molecule has 1 saturated heterocycles. The van der Waals surface area contributed by atoms with Crippen LogP contribution in [0.5, 0.6) is 0 Å². The van der Waals surface area contributed by atoms with Crippen molar-refractivity contribution in [1.29, 1.82) is 0 Å². The van der Waals surface area contributed by atoms with Crippen LogP contribution in [0, 0.1) is 11.3 Å². The summed E-state index contributed by atoms with van der Waals surface area (Å²) >= 11 is 0. The molecule has 1 heterocycles. The molecule has 4 atom stereocenters. The number of ether oxygens (including phenoxy) is 2. The molecule has 0 spiro atoms. The summed E-state index contributed by atoms with van der Waals surface area (Å²) in [5.41, 5.74) is 5.11. The first-order valence-corrected chi connectivity index (χ1v) is 7.21. The lowest BCUT2D eigenvalue weighted by Gasteiger charge is -2.65. The normalized spacial score (nSPS) is 36.6. The number of nitrogens with one attached hydrogen (secondary N) is 1. The number of rotatable bonds is 5. The Labute approximate surface area is 120 Å². The van der Waals surface area contributed by atoms with Gasteiger partial charge in [-0.2, -0.15) is 0 Å². The molecule has 1 amide bonds. The first kappa shape index (κ1) is 15.7. The van der Waals surface area contributed by atoms with Gasteiger partial charge in [-0.15, -0.1) is 0 Å². The Bertz CT molecular complexity index is 374. The Kier molecular flexibility index (Phi) is 4.39. The molecule has 1 aliphatic heterocycles. The molecule has 6 nitrogen and oxygen atoms in total. The van der Waals surface area contributed by atoms with Crippen LogP contribution in [-0.4, -0.2) is 55.6 Å². The Morgan fingerprint density at radius 2 is 2.30 bits per heavy atom. The van der Waals surface area contributed by atoms with Gasteiger partial charge in [-0.3, -0.25) is 4.79 Å². The van der Waals surface area contributed by atoms with Gasteiger partial charge < -0.3 is 25.6 Å². The van der Waals surface area contributed by atoms with Crippen LogP contribution >= 0.6 is 0 Å². The zero-order chi connectivity index (χ0) is 15.0. The molecule has 0 aromatic rings. The third-order valence-electron chi connectivity index (χ3n) is 4.92. The van der Waals surface area contributed by atoms with Crippen molar-refractivity contribution in [1.82, 2.24) is 5.32 Å². The fourth-order valence-corrected chi connectivity index (χ4v) is 3.64. The summed E-state index contributed by atoms with van der Waals surface area (Å²) < 4.78 is 10.6. The molecule has 1 aliphatic carbocycles. The number of amides is 1. The zero-order valence-electron chi connectivity index (χ0n) is 12.5. The van der Waals surface area contributed by atoms with Gasteiger partial charge in [-0.25, -0.2) is 0 Å². The minimum atomic E-state index is -0.926. The average molecular weight is 286 g/mol. The Morgan fingerprint density at radius 1 is 1.60 bits per heavy atom. The maximum atomic E-state index is 12.5. The monoisotopic (exact) mass is 286 g/mol. The minimum absolute atomic E-state index is 0.0518. The number of hydrogen-bond donors (Lipinski definition) is 3. The van der Waals surface area contributed by atoms with E-state index < -0.39 is 17.1 Å². The third kappa shape index (κ3) is 2.24. The van der Waals surface area contributed by atoms with Crippen molar-refractivity contribution in [2.45, 2.75) is 44.4 Å². The fraction of sp³-hybridized carbons (Fsp3) is 0.929. The van der Waals surface area contributed by atoms with Crippen LogP contribution in [0.15, 0.2) is 0 Å². The number of nitrogens with two attached hydrogens (primary N) is 1. The van der Waals surface area contributed by atoms with Gasteiger partial charge in [-0.1, -0.05) is 13.8 Å². The average Bonchev–Trinajstić information content (AvgIpc) is 2.44. The largest absolute Gasteiger partial charge is 0.389 e. The molecule has 0 bridgehead atoms. The summed E-state index contributed by atoms with van der Waals surface area (Å²) in [6.07, 6.45) is 1.19. The van der Waals surface area contributed by atoms with Crippen LogP contribution in [0.2, 0.25) is 0 Å². The van der Waals surface area contributed by atoms with Crippen LogP contribution in [0.3, 0.4) is 0 Å². The SMILES string of the molecule is COCC(O)CNC(=O)C1(N)C2CCCOC2C1(C)C. The van der Waals surface area contributed by atoms with E-state index in [0.717, 1.165) is 19.4 Å². The van der Waals surface area contributed by atoms with E-state index in [0.29, 0.717) is 0 Å². The molecule has 1 saturated carbocycles. The van der Waals surface area contributed by atoms with E-state index in [1.165, 1.54) is 7.11 Å². The van der Waals surface area contributed by atoms with Crippen LogP contribution in [0.25, 0.3) is 0 Å². The zero-order valence-corrected chi connectivity index (χ0v) is 12.5. The molecule has 4 N–H and O–H groups in total. The van der Waals surface area contributed by atoms with Crippen LogP contribution in [0.4, 0.5) is 0 Å². The Morgan fingerprint density at radius 3 is 2.95 bits per heavy atom. The molecule has 4 unspecified atom stereocenters. The highest BCUT2D eigenvalue weighted by atomic mass is 16.5. The summed E-state index contributed by atoms with van der Waals surface area (Å²) in [7, 11) is 1.51. The van der Waals surface area contributed by atoms with Crippen molar-refractivity contribution in [2.24, 2.45) is 17.1 Å². The Balaban J connectivity index is 2.00. The van der Waals surface area contributed by atoms with E-state index in [-0.39, 0.29) is 31.1 Å². The lowest BCUT2D eigenvalue weighted by Crippen LogP contribution is -2.82. The molecule has 0 aromatic carbocycles. The highest BCUT2D eigenvalue weighted by molar-refractivity contribution is 5.89. The van der Waals surface area contributed by atoms with Gasteiger partial charge in [0, 0.05) is 31.6 Å². The maximum Gasteiger partial charge on any atom is 0.241 e. The van der Waals surface area contributed by atoms with E-state index in [1.807, 2.05) is 13.8 Å². The second-order valence-electron chi connectivity index (χ2n) is 6.45. The summed E-state index contributed by atoms with van der Waals surface area (Å²) in [6, 6.07) is 0. The van der Waals surface area contributed by atoms with E-state index >= 15 is 0 Å². The summed E-state index contributed by atoms with van der Waals surface area (Å²) in [5.74, 6) is -0.143. The fourth-order valence-electron chi connectivity index (χ4n) is 3.64. The molecule has 0 aromatic heterocycles. The predicted octanol–water partition coefficient (Wildman–Crippen LogP) is -0.358. The molecule has 116 valence electrons. The van der Waals surface area contributed by atoms with Gasteiger partial charge >= 0.3 is 0 Å². The molecule has 2 fully saturated rings. The highest BCUT2D eigenvalue weighted by Crippen LogP contribution is 2.57. The topological polar surface area (TPSA) is 93.8 Å². The van der Waals surface area contributed by atoms with Gasteiger partial charge in [0.25, 0.3) is 0 Å². The number of fused-ring (bicyclic) bond motifs is 1. The van der Waals surface area contributed by atoms with E-state index in [1.54, 1.807) is 0 Å². The van der Waals surface area contributed by atoms with Crippen LogP contribution in [-0.2, 0) is 14.3 Å². The van der Waals surface area contributed by atoms with Gasteiger partial charge in [-0.05, 0) is 12.8 Å². The van der Waals surface area contributed by atoms with E-state index in [4.69, 9.17) is 15.2 Å². The lowest BCUT2D eigenvalue weighted by atomic mass is 9.46. The summed E-state index contributed by atoms with van der Waals surface area (Å²) in [5, 5.41) is 12.4. The number of hydrogen-bond acceptors (Lipinski definition) is 5. The number of carbonyl (C=O) groups excluding carboxylic acids is 1. The summed E-state index contributed by atoms with van der Waals surface area (Å²) in [6.45, 7) is 5.04. The molecular formula is C14H26N2O4. The standard InChI is InChI=1S/C14H26N2O4/c1-13(2)11-10(5-4-6-20-11)14(13,15)12(18)16-7-9(17)8-19-3/h9-11,17H,4-8,15H2,1-3H3,(H,16,18). The number of carbonyl (C=O) groups is 1. The first-order valence-electron chi connectivity index (χ1n) is 7.21. The molecule has 0 radical (unpaired) electrons. The highest BCUT2D eigenvalue weighted by Gasteiger charge is 2.70. The van der Waals surface area contributed by atoms with Crippen LogP contribution < -0.4 is 11.1 Å². The van der Waals surface area contributed by atoms with Gasteiger partial charge in [0.1, 0.15) is 5.54 Å². The lowest BCUT2D eigenvalue weighted by molar-refractivity contribution is -0.225. The number of aliphatic hydroxyl groups excluding tert-OH is 1. The van der Waals surface area contributed by atoms with E-state index in [2.05, 4.69) is 5.32 Å². The molecule has 6 heteroatoms. The van der Waals surface area contributed by atoms with Crippen molar-refractivity contribution >= 4 is 5.91 Å². The molecule has 2 rings (SSSR count). The second-order valence-corrected chi connectivity index (χ2v) is 6.45. The maximum absolute atomic E-state index is 12.5. The second kappa shape index (κ2) is 5.60. The quantitative estimate of drug-likeness (QED) is 0.642. The minimum Gasteiger partial charge on any atom is -0.389 e. The van der Waals surface area contributed by atoms with Crippen molar-refractivity contribution in [3.05, 3.63) is 0 Å². The molecular weight excluding hydrogens is 260 g/mol. The third-order valence-corrected chi connectivity index (χ3v) is 4.92. The van der Waals surface area contributed by atoms with Gasteiger partial charge in [0.05, 0.1) is 18.8 Å². The van der Waals surface area contributed by atoms with Crippen molar-refractivity contribution in [3.8, 4) is 0 Å². The van der Waals surface area contributed by atoms with E-state index in [9.17, 15) is 9.90 Å². The van der Waals surface area contributed by atoms with Crippen molar-refractivity contribution in [2.75, 3.05) is 26.9 Å². The Hall–Kier alpha value is -0.690. The first-order chi connectivity index (χ1) is 9.35. The van der Waals surface area contributed by atoms with Gasteiger partial charge in [0.15, 0.2) is 0 Å². The number of aliphatic hydroxyl groups is 1.